The number of anilines is 1. The van der Waals surface area contributed by atoms with E-state index in [0.29, 0.717) is 5.82 Å². The quantitative estimate of drug-likeness (QED) is 0.578. The number of hydrogen-bond donors (Lipinski definition) is 3. The Kier molecular flexibility index (Phi) is 1.36. The fraction of sp³-hybridized carbons (Fsp3) is 0.143. The van der Waals surface area contributed by atoms with E-state index in [1.54, 1.807) is 12.5 Å². The number of H-pyrrole nitrogens is 2. The summed E-state index contributed by atoms with van der Waals surface area (Å²) in [4.78, 5) is 6.87. The van der Waals surface area contributed by atoms with Gasteiger partial charge in [-0.15, -0.1) is 0 Å². The molecule has 5 nitrogen and oxygen atoms in total. The summed E-state index contributed by atoms with van der Waals surface area (Å²) in [5.41, 5.74) is 8.31. The zero-order valence-electron chi connectivity index (χ0n) is 6.63. The first kappa shape index (κ1) is 6.90. The lowest BCUT2D eigenvalue weighted by Crippen LogP contribution is -1.86. The monoisotopic (exact) mass is 163 g/mol. The van der Waals surface area contributed by atoms with Crippen molar-refractivity contribution >= 4 is 5.82 Å². The van der Waals surface area contributed by atoms with Gasteiger partial charge in [0.1, 0.15) is 5.82 Å². The van der Waals surface area contributed by atoms with E-state index in [-0.39, 0.29) is 0 Å². The van der Waals surface area contributed by atoms with Crippen molar-refractivity contribution in [2.45, 2.75) is 6.92 Å². The van der Waals surface area contributed by atoms with Crippen LogP contribution in [0.15, 0.2) is 12.5 Å². The molecule has 0 saturated carbocycles. The first-order chi connectivity index (χ1) is 5.79. The number of rotatable bonds is 1. The molecule has 0 aliphatic rings. The average Bonchev–Trinajstić information content (AvgIpc) is 2.64. The van der Waals surface area contributed by atoms with Crippen molar-refractivity contribution in [2.24, 2.45) is 0 Å². The van der Waals surface area contributed by atoms with Gasteiger partial charge in [0.25, 0.3) is 0 Å². The molecule has 0 aliphatic heterocycles. The molecule has 0 radical (unpaired) electrons. The van der Waals surface area contributed by atoms with Crippen LogP contribution >= 0.6 is 0 Å². The maximum atomic E-state index is 5.57. The molecule has 0 amide bonds. The van der Waals surface area contributed by atoms with Gasteiger partial charge in [-0.3, -0.25) is 5.10 Å². The summed E-state index contributed by atoms with van der Waals surface area (Å²) in [7, 11) is 0. The predicted molar refractivity (Wildman–Crippen MR) is 45.3 cm³/mol. The van der Waals surface area contributed by atoms with E-state index in [4.69, 9.17) is 5.73 Å². The molecule has 2 rings (SSSR count). The predicted octanol–water partition coefficient (Wildman–Crippen LogP) is 0.690. The Hall–Kier alpha value is -1.78. The molecule has 0 spiro atoms. The van der Waals surface area contributed by atoms with Crippen LogP contribution in [-0.4, -0.2) is 20.2 Å². The highest BCUT2D eigenvalue weighted by Crippen LogP contribution is 2.21. The number of nitrogens with two attached hydrogens (primary N) is 1. The molecule has 12 heavy (non-hydrogen) atoms. The number of nitrogens with one attached hydrogen (secondary N) is 2. The molecule has 62 valence electrons. The second-order valence-corrected chi connectivity index (χ2v) is 2.57. The molecule has 2 aromatic rings. The van der Waals surface area contributed by atoms with Gasteiger partial charge >= 0.3 is 0 Å². The maximum Gasteiger partial charge on any atom is 0.148 e. The molecule has 2 heterocycles. The van der Waals surface area contributed by atoms with Gasteiger partial charge in [-0.25, -0.2) is 4.98 Å². The SMILES string of the molecule is Cc1c(N)n[nH]c1-c1cnc[nH]1. The largest absolute Gasteiger partial charge is 0.382 e. The van der Waals surface area contributed by atoms with Crippen molar-refractivity contribution in [2.75, 3.05) is 5.73 Å². The third kappa shape index (κ3) is 0.868. The van der Waals surface area contributed by atoms with Crippen molar-refractivity contribution in [3.63, 3.8) is 0 Å². The van der Waals surface area contributed by atoms with Crippen LogP contribution in [0.4, 0.5) is 5.82 Å². The Bertz CT molecular complexity index is 372. The summed E-state index contributed by atoms with van der Waals surface area (Å²) in [6.45, 7) is 1.91. The zero-order valence-corrected chi connectivity index (χ0v) is 6.63. The zero-order chi connectivity index (χ0) is 8.55. The van der Waals surface area contributed by atoms with Gasteiger partial charge in [0.2, 0.25) is 0 Å². The van der Waals surface area contributed by atoms with Gasteiger partial charge in [-0.05, 0) is 6.92 Å². The third-order valence-electron chi connectivity index (χ3n) is 1.81. The molecule has 0 aromatic carbocycles. The van der Waals surface area contributed by atoms with E-state index in [1.807, 2.05) is 6.92 Å². The van der Waals surface area contributed by atoms with Crippen LogP contribution in [0.25, 0.3) is 11.4 Å². The fourth-order valence-electron chi connectivity index (χ4n) is 1.07. The van der Waals surface area contributed by atoms with Crippen molar-refractivity contribution in [3.05, 3.63) is 18.1 Å². The number of nitrogen functional groups attached to an aromatic ring is 1. The van der Waals surface area contributed by atoms with E-state index >= 15 is 0 Å². The molecule has 0 aliphatic carbocycles. The van der Waals surface area contributed by atoms with Gasteiger partial charge in [0.05, 0.1) is 23.9 Å². The standard InChI is InChI=1S/C7H9N5/c1-4-6(11-12-7(4)8)5-2-9-3-10-5/h2-3H,1H3,(H,9,10)(H3,8,11,12). The molecule has 0 atom stereocenters. The van der Waals surface area contributed by atoms with Crippen molar-refractivity contribution in [1.29, 1.82) is 0 Å². The second-order valence-electron chi connectivity index (χ2n) is 2.57. The van der Waals surface area contributed by atoms with Gasteiger partial charge in [-0.1, -0.05) is 0 Å². The smallest absolute Gasteiger partial charge is 0.148 e. The first-order valence-electron chi connectivity index (χ1n) is 3.58. The Morgan fingerprint density at radius 2 is 2.33 bits per heavy atom. The summed E-state index contributed by atoms with van der Waals surface area (Å²) in [5.74, 6) is 0.527. The van der Waals surface area contributed by atoms with Gasteiger partial charge in [0.15, 0.2) is 0 Å². The molecule has 5 heteroatoms. The molecule has 0 bridgehead atoms. The van der Waals surface area contributed by atoms with Gasteiger partial charge < -0.3 is 10.7 Å². The summed E-state index contributed by atoms with van der Waals surface area (Å²) in [6, 6.07) is 0. The van der Waals surface area contributed by atoms with Crippen LogP contribution in [-0.2, 0) is 0 Å². The van der Waals surface area contributed by atoms with Crippen molar-refractivity contribution in [1.82, 2.24) is 20.2 Å². The van der Waals surface area contributed by atoms with Crippen LogP contribution in [0.3, 0.4) is 0 Å². The van der Waals surface area contributed by atoms with E-state index < -0.39 is 0 Å². The Labute approximate surface area is 69.0 Å². The number of nitrogens with zero attached hydrogens (tertiary/aromatic N) is 2. The summed E-state index contributed by atoms with van der Waals surface area (Å²) in [6.07, 6.45) is 3.34. The molecular formula is C7H9N5. The minimum Gasteiger partial charge on any atom is -0.382 e. The highest BCUT2D eigenvalue weighted by atomic mass is 15.2. The van der Waals surface area contributed by atoms with Crippen LogP contribution in [0.2, 0.25) is 0 Å². The van der Waals surface area contributed by atoms with Crippen LogP contribution in [0, 0.1) is 6.92 Å². The molecule has 4 N–H and O–H groups in total. The summed E-state index contributed by atoms with van der Waals surface area (Å²) in [5, 5.41) is 6.71. The Morgan fingerprint density at radius 1 is 1.50 bits per heavy atom. The molecule has 2 aromatic heterocycles. The van der Waals surface area contributed by atoms with Crippen molar-refractivity contribution < 1.29 is 0 Å². The van der Waals surface area contributed by atoms with Crippen molar-refractivity contribution in [3.8, 4) is 11.4 Å². The maximum absolute atomic E-state index is 5.57. The third-order valence-corrected chi connectivity index (χ3v) is 1.81. The molecule has 0 unspecified atom stereocenters. The lowest BCUT2D eigenvalue weighted by molar-refractivity contribution is 1.10. The topological polar surface area (TPSA) is 83.4 Å². The summed E-state index contributed by atoms with van der Waals surface area (Å²) >= 11 is 0. The van der Waals surface area contributed by atoms with Crippen LogP contribution in [0.1, 0.15) is 5.56 Å². The average molecular weight is 163 g/mol. The molecule has 0 fully saturated rings. The number of aromatic nitrogens is 4. The Balaban J connectivity index is 2.55. The van der Waals surface area contributed by atoms with Gasteiger partial charge in [-0.2, -0.15) is 5.10 Å². The minimum atomic E-state index is 0.527. The van der Waals surface area contributed by atoms with Gasteiger partial charge in [0, 0.05) is 5.56 Å². The normalized spacial score (nSPS) is 10.4. The minimum absolute atomic E-state index is 0.527. The second kappa shape index (κ2) is 2.37. The first-order valence-corrected chi connectivity index (χ1v) is 3.58. The lowest BCUT2D eigenvalue weighted by Gasteiger charge is -1.92. The number of imidazole rings is 1. The highest BCUT2D eigenvalue weighted by molar-refractivity contribution is 5.63. The summed E-state index contributed by atoms with van der Waals surface area (Å²) < 4.78 is 0. The number of aromatic amines is 2. The van der Waals surface area contributed by atoms with E-state index in [2.05, 4.69) is 20.2 Å². The lowest BCUT2D eigenvalue weighted by atomic mass is 10.2. The van der Waals surface area contributed by atoms with Crippen LogP contribution < -0.4 is 5.73 Å². The Morgan fingerprint density at radius 3 is 2.83 bits per heavy atom. The number of hydrogen-bond acceptors (Lipinski definition) is 3. The van der Waals surface area contributed by atoms with E-state index in [1.165, 1.54) is 0 Å². The highest BCUT2D eigenvalue weighted by Gasteiger charge is 2.08. The molecule has 0 saturated heterocycles. The van der Waals surface area contributed by atoms with E-state index in [9.17, 15) is 0 Å². The van der Waals surface area contributed by atoms with E-state index in [0.717, 1.165) is 17.0 Å². The van der Waals surface area contributed by atoms with Crippen LogP contribution in [0.5, 0.6) is 0 Å². The molecular weight excluding hydrogens is 154 g/mol. The fourth-order valence-corrected chi connectivity index (χ4v) is 1.07.